The number of nitrogen functional groups attached to an aromatic ring is 1. The summed E-state index contributed by atoms with van der Waals surface area (Å²) in [6.07, 6.45) is 2.47. The van der Waals surface area contributed by atoms with Gasteiger partial charge in [-0.15, -0.1) is 11.3 Å². The third-order valence-corrected chi connectivity index (χ3v) is 4.33. The Morgan fingerprint density at radius 1 is 1.56 bits per heavy atom. The maximum Gasteiger partial charge on any atom is 0.259 e. The first-order valence-corrected chi connectivity index (χ1v) is 6.67. The van der Waals surface area contributed by atoms with E-state index in [9.17, 15) is 4.79 Å². The Morgan fingerprint density at radius 3 is 3.11 bits per heavy atom. The lowest BCUT2D eigenvalue weighted by Gasteiger charge is -2.26. The van der Waals surface area contributed by atoms with Crippen molar-refractivity contribution in [3.8, 4) is 0 Å². The Balaban J connectivity index is 1.85. The lowest BCUT2D eigenvalue weighted by atomic mass is 10.1. The Morgan fingerprint density at radius 2 is 2.39 bits per heavy atom. The van der Waals surface area contributed by atoms with Gasteiger partial charge in [0.05, 0.1) is 6.20 Å². The number of carbonyl (C=O) groups excluding carboxylic acids is 1. The molecule has 6 heteroatoms. The van der Waals surface area contributed by atoms with E-state index in [1.165, 1.54) is 15.1 Å². The van der Waals surface area contributed by atoms with Gasteiger partial charge in [0, 0.05) is 25.0 Å². The van der Waals surface area contributed by atoms with E-state index >= 15 is 0 Å². The van der Waals surface area contributed by atoms with Crippen LogP contribution in [-0.4, -0.2) is 27.1 Å². The number of aromatic nitrogens is 2. The van der Waals surface area contributed by atoms with Crippen LogP contribution >= 0.6 is 11.3 Å². The van der Waals surface area contributed by atoms with Crippen LogP contribution in [-0.2, 0) is 20.0 Å². The van der Waals surface area contributed by atoms with Gasteiger partial charge in [0.2, 0.25) is 0 Å². The Labute approximate surface area is 109 Å². The van der Waals surface area contributed by atoms with Crippen molar-refractivity contribution in [2.45, 2.75) is 13.0 Å². The van der Waals surface area contributed by atoms with Crippen LogP contribution in [0.5, 0.6) is 0 Å². The predicted octanol–water partition coefficient (Wildman–Crippen LogP) is 1.26. The first kappa shape index (κ1) is 11.3. The van der Waals surface area contributed by atoms with Crippen molar-refractivity contribution in [2.75, 3.05) is 12.3 Å². The molecule has 0 unspecified atom stereocenters. The SMILES string of the molecule is Cn1ncc(C(=O)N2CCc3sccc3C2)c1N. The summed E-state index contributed by atoms with van der Waals surface area (Å²) < 4.78 is 1.52. The van der Waals surface area contributed by atoms with Crippen molar-refractivity contribution in [3.63, 3.8) is 0 Å². The van der Waals surface area contributed by atoms with Crippen molar-refractivity contribution >= 4 is 23.1 Å². The quantitative estimate of drug-likeness (QED) is 0.841. The number of amides is 1. The highest BCUT2D eigenvalue weighted by atomic mass is 32.1. The molecule has 1 aliphatic heterocycles. The van der Waals surface area contributed by atoms with Crippen LogP contribution in [0.1, 0.15) is 20.8 Å². The average Bonchev–Trinajstić information content (AvgIpc) is 2.96. The fraction of sp³-hybridized carbons (Fsp3) is 0.333. The number of hydrogen-bond donors (Lipinski definition) is 1. The van der Waals surface area contributed by atoms with Crippen LogP contribution in [0.3, 0.4) is 0 Å². The molecule has 0 radical (unpaired) electrons. The van der Waals surface area contributed by atoms with E-state index < -0.39 is 0 Å². The molecule has 0 bridgehead atoms. The minimum atomic E-state index is -0.0301. The molecule has 3 rings (SSSR count). The molecule has 2 aromatic rings. The molecule has 0 saturated heterocycles. The van der Waals surface area contributed by atoms with Crippen LogP contribution in [0, 0.1) is 0 Å². The number of fused-ring (bicyclic) bond motifs is 1. The number of hydrogen-bond acceptors (Lipinski definition) is 4. The van der Waals surface area contributed by atoms with Gasteiger partial charge in [-0.05, 0) is 23.4 Å². The molecular weight excluding hydrogens is 248 g/mol. The first-order valence-electron chi connectivity index (χ1n) is 5.79. The molecule has 3 heterocycles. The molecule has 0 spiro atoms. The minimum Gasteiger partial charge on any atom is -0.383 e. The number of nitrogens with two attached hydrogens (primary N) is 1. The van der Waals surface area contributed by atoms with E-state index in [1.54, 1.807) is 24.6 Å². The maximum atomic E-state index is 12.4. The topological polar surface area (TPSA) is 64.2 Å². The molecule has 2 aromatic heterocycles. The molecular formula is C12H14N4OS. The highest BCUT2D eigenvalue weighted by Crippen LogP contribution is 2.25. The summed E-state index contributed by atoms with van der Waals surface area (Å²) in [6, 6.07) is 2.09. The highest BCUT2D eigenvalue weighted by Gasteiger charge is 2.25. The van der Waals surface area contributed by atoms with E-state index in [-0.39, 0.29) is 5.91 Å². The average molecular weight is 262 g/mol. The Hall–Kier alpha value is -1.82. The van der Waals surface area contributed by atoms with Crippen LogP contribution in [0.25, 0.3) is 0 Å². The summed E-state index contributed by atoms with van der Waals surface area (Å²) in [7, 11) is 1.74. The lowest BCUT2D eigenvalue weighted by molar-refractivity contribution is 0.0737. The number of nitrogens with zero attached hydrogens (tertiary/aromatic N) is 3. The number of anilines is 1. The standard InChI is InChI=1S/C12H14N4OS/c1-15-11(13)9(6-14-15)12(17)16-4-2-10-8(7-16)3-5-18-10/h3,5-6H,2,4,7,13H2,1H3. The molecule has 0 aromatic carbocycles. The summed E-state index contributed by atoms with van der Waals surface area (Å²) in [5, 5.41) is 6.09. The molecule has 0 aliphatic carbocycles. The summed E-state index contributed by atoms with van der Waals surface area (Å²) in [5.74, 6) is 0.397. The van der Waals surface area contributed by atoms with Gasteiger partial charge in [-0.3, -0.25) is 9.48 Å². The Bertz CT molecular complexity index is 601. The second kappa shape index (κ2) is 4.13. The lowest BCUT2D eigenvalue weighted by Crippen LogP contribution is -2.35. The van der Waals surface area contributed by atoms with E-state index in [0.29, 0.717) is 17.9 Å². The van der Waals surface area contributed by atoms with Crippen molar-refractivity contribution in [1.82, 2.24) is 14.7 Å². The van der Waals surface area contributed by atoms with Crippen molar-refractivity contribution in [2.24, 2.45) is 7.05 Å². The first-order chi connectivity index (χ1) is 8.66. The molecule has 94 valence electrons. The molecule has 1 aliphatic rings. The second-order valence-corrected chi connectivity index (χ2v) is 5.41. The number of aryl methyl sites for hydroxylation is 1. The van der Waals surface area contributed by atoms with Crippen LogP contribution in [0.15, 0.2) is 17.6 Å². The van der Waals surface area contributed by atoms with E-state index in [1.807, 2.05) is 4.90 Å². The molecule has 0 fully saturated rings. The zero-order valence-corrected chi connectivity index (χ0v) is 10.9. The third-order valence-electron chi connectivity index (χ3n) is 3.31. The Kier molecular flexibility index (Phi) is 2.59. The van der Waals surface area contributed by atoms with Crippen LogP contribution < -0.4 is 5.73 Å². The number of carbonyl (C=O) groups is 1. The summed E-state index contributed by atoms with van der Waals surface area (Å²) >= 11 is 1.76. The van der Waals surface area contributed by atoms with Gasteiger partial charge >= 0.3 is 0 Å². The van der Waals surface area contributed by atoms with Crippen molar-refractivity contribution in [3.05, 3.63) is 33.6 Å². The molecule has 0 atom stereocenters. The van der Waals surface area contributed by atoms with Crippen molar-refractivity contribution < 1.29 is 4.79 Å². The van der Waals surface area contributed by atoms with Gasteiger partial charge < -0.3 is 10.6 Å². The monoisotopic (exact) mass is 262 g/mol. The van der Waals surface area contributed by atoms with Crippen molar-refractivity contribution in [1.29, 1.82) is 0 Å². The summed E-state index contributed by atoms with van der Waals surface area (Å²) in [5.41, 5.74) is 7.59. The molecule has 1 amide bonds. The van der Waals surface area contributed by atoms with E-state index in [2.05, 4.69) is 16.5 Å². The van der Waals surface area contributed by atoms with Gasteiger partial charge in [-0.1, -0.05) is 0 Å². The second-order valence-electron chi connectivity index (χ2n) is 4.41. The largest absolute Gasteiger partial charge is 0.383 e. The maximum absolute atomic E-state index is 12.4. The van der Waals surface area contributed by atoms with E-state index in [0.717, 1.165) is 13.0 Å². The third kappa shape index (κ3) is 1.69. The number of rotatable bonds is 1. The predicted molar refractivity (Wildman–Crippen MR) is 70.4 cm³/mol. The van der Waals surface area contributed by atoms with E-state index in [4.69, 9.17) is 5.73 Å². The van der Waals surface area contributed by atoms with Gasteiger partial charge in [0.15, 0.2) is 0 Å². The number of thiophene rings is 1. The zero-order valence-electron chi connectivity index (χ0n) is 10.1. The molecule has 0 saturated carbocycles. The fourth-order valence-electron chi connectivity index (χ4n) is 2.20. The minimum absolute atomic E-state index is 0.0301. The molecule has 18 heavy (non-hydrogen) atoms. The van der Waals surface area contributed by atoms with Crippen LogP contribution in [0.4, 0.5) is 5.82 Å². The van der Waals surface area contributed by atoms with Gasteiger partial charge in [0.1, 0.15) is 11.4 Å². The smallest absolute Gasteiger partial charge is 0.259 e. The highest BCUT2D eigenvalue weighted by molar-refractivity contribution is 7.10. The van der Waals surface area contributed by atoms with Gasteiger partial charge in [0.25, 0.3) is 5.91 Å². The van der Waals surface area contributed by atoms with Crippen LogP contribution in [0.2, 0.25) is 0 Å². The summed E-state index contributed by atoms with van der Waals surface area (Å²) in [4.78, 5) is 15.6. The normalized spacial score (nSPS) is 14.6. The summed E-state index contributed by atoms with van der Waals surface area (Å²) in [6.45, 7) is 1.42. The fourth-order valence-corrected chi connectivity index (χ4v) is 3.09. The van der Waals surface area contributed by atoms with Gasteiger partial charge in [-0.2, -0.15) is 5.10 Å². The molecule has 2 N–H and O–H groups in total. The zero-order chi connectivity index (χ0) is 12.7. The van der Waals surface area contributed by atoms with Gasteiger partial charge in [-0.25, -0.2) is 0 Å². The molecule has 5 nitrogen and oxygen atoms in total.